The van der Waals surface area contributed by atoms with Gasteiger partial charge in [-0.3, -0.25) is 19.2 Å². The fourth-order valence-corrected chi connectivity index (χ4v) is 12.6. The van der Waals surface area contributed by atoms with E-state index in [0.717, 1.165) is 55.4 Å². The Morgan fingerprint density at radius 1 is 0.628 bits per heavy atom. The molecule has 7 rings (SSSR count). The molecule has 5 atom stereocenters. The number of aliphatic hydroxyl groups excluding tert-OH is 2. The number of hydrogen-bond donors (Lipinski definition) is 4. The third-order valence-corrected chi connectivity index (χ3v) is 25.5. The van der Waals surface area contributed by atoms with Gasteiger partial charge in [0.15, 0.2) is 16.6 Å². The maximum atomic E-state index is 14.1. The van der Waals surface area contributed by atoms with Crippen LogP contribution in [0.15, 0.2) is 109 Å². The summed E-state index contributed by atoms with van der Waals surface area (Å²) in [5.41, 5.74) is 7.51. The lowest BCUT2D eigenvalue weighted by atomic mass is 10.0. The maximum Gasteiger partial charge on any atom is 0.335 e. The highest BCUT2D eigenvalue weighted by atomic mass is 28.4. The maximum absolute atomic E-state index is 14.1. The summed E-state index contributed by atoms with van der Waals surface area (Å²) in [4.78, 5) is 66.0. The highest BCUT2D eigenvalue weighted by Crippen LogP contribution is 2.43. The highest BCUT2D eigenvalue weighted by Gasteiger charge is 2.43. The molecule has 0 radical (unpaired) electrons. The van der Waals surface area contributed by atoms with Crippen LogP contribution in [-0.4, -0.2) is 106 Å². The number of aliphatic hydroxyl groups is 2. The van der Waals surface area contributed by atoms with Gasteiger partial charge in [0.1, 0.15) is 17.7 Å². The minimum atomic E-state index is -2.42. The van der Waals surface area contributed by atoms with Crippen LogP contribution in [0, 0.1) is 11.6 Å². The topological polar surface area (TPSA) is 199 Å². The first kappa shape index (κ1) is 68.2. The van der Waals surface area contributed by atoms with E-state index in [-0.39, 0.29) is 65.9 Å². The molecule has 4 N–H and O–H groups in total. The molecule has 86 heavy (non-hydrogen) atoms. The Kier molecular flexibility index (Phi) is 22.5. The average molecular weight is 1220 g/mol. The summed E-state index contributed by atoms with van der Waals surface area (Å²) in [6.45, 7) is 31.4. The fraction of sp³-hybridized carbons (Fsp3) is 0.448. The fourth-order valence-electron chi connectivity index (χ4n) is 9.99. The predicted octanol–water partition coefficient (Wildman–Crippen LogP) is 14.3. The molecule has 0 bridgehead atoms. The molecule has 3 amide bonds. The van der Waals surface area contributed by atoms with Crippen molar-refractivity contribution in [2.45, 2.75) is 193 Å². The van der Waals surface area contributed by atoms with Crippen LogP contribution in [-0.2, 0) is 37.7 Å². The minimum absolute atomic E-state index is 0.0241. The molecule has 464 valence electrons. The number of imide groups is 1. The van der Waals surface area contributed by atoms with Crippen LogP contribution in [0.5, 0.6) is 0 Å². The van der Waals surface area contributed by atoms with E-state index in [1.165, 1.54) is 31.2 Å². The molecule has 3 heterocycles. The normalized spacial score (nSPS) is 15.4. The minimum Gasteiger partial charge on any atom is -0.480 e. The second-order valence-electron chi connectivity index (χ2n) is 25.9. The van der Waals surface area contributed by atoms with Crippen LogP contribution in [0.2, 0.25) is 36.3 Å². The average Bonchev–Trinajstić information content (AvgIpc) is 1.96. The van der Waals surface area contributed by atoms with Crippen molar-refractivity contribution < 1.29 is 61.8 Å². The number of para-hydroxylation sites is 2. The number of fused-ring (bicyclic) bond motifs is 2. The van der Waals surface area contributed by atoms with Gasteiger partial charge >= 0.3 is 11.9 Å². The van der Waals surface area contributed by atoms with Crippen LogP contribution in [0.3, 0.4) is 0 Å². The van der Waals surface area contributed by atoms with E-state index in [9.17, 15) is 43.0 Å². The van der Waals surface area contributed by atoms with E-state index in [0.29, 0.717) is 11.5 Å². The summed E-state index contributed by atoms with van der Waals surface area (Å²) >= 11 is 0. The molecule has 1 aliphatic heterocycles. The van der Waals surface area contributed by atoms with Crippen molar-refractivity contribution in [3.05, 3.63) is 132 Å². The SMILES string of the molecule is CC(C)n1c(/C=C/[C@H](C[C@H](CC(=O)ON2C(=O)CCC2=O)O[Si](C)(C)C(C)(C)C)O[Si](C)(C)C(C)(C)C)c(-c2ccc(F)cc2)c2ccccc21.CC(C)n1c(/C=C/[C@H](O)C[C@H](O)CC(=O)N[C@@H](C)C(=O)O)c(-c2ccc(F)cc2)c2ccccc21. The van der Waals surface area contributed by atoms with Gasteiger partial charge in [-0.2, -0.15) is 0 Å². The smallest absolute Gasteiger partial charge is 0.335 e. The molecule has 0 aliphatic carbocycles. The Bertz CT molecular complexity index is 3410. The number of carboxylic acid groups (broad SMARTS) is 1. The lowest BCUT2D eigenvalue weighted by molar-refractivity contribution is -0.198. The van der Waals surface area contributed by atoms with Crippen molar-refractivity contribution in [3.63, 3.8) is 0 Å². The van der Waals surface area contributed by atoms with E-state index in [2.05, 4.69) is 134 Å². The van der Waals surface area contributed by atoms with E-state index >= 15 is 0 Å². The molecule has 1 saturated heterocycles. The van der Waals surface area contributed by atoms with Crippen LogP contribution in [0.1, 0.15) is 138 Å². The van der Waals surface area contributed by atoms with Crippen LogP contribution < -0.4 is 5.32 Å². The Labute approximate surface area is 507 Å². The van der Waals surface area contributed by atoms with Gasteiger partial charge in [0.25, 0.3) is 11.8 Å². The number of amides is 3. The first-order valence-electron chi connectivity index (χ1n) is 29.5. The van der Waals surface area contributed by atoms with Crippen molar-refractivity contribution in [3.8, 4) is 22.3 Å². The second-order valence-corrected chi connectivity index (χ2v) is 35.4. The summed E-state index contributed by atoms with van der Waals surface area (Å²) < 4.78 is 46.1. The molecule has 15 nitrogen and oxygen atoms in total. The number of halogens is 2. The van der Waals surface area contributed by atoms with Gasteiger partial charge in [0.2, 0.25) is 5.91 Å². The zero-order chi connectivity index (χ0) is 63.8. The van der Waals surface area contributed by atoms with E-state index < -0.39 is 76.8 Å². The molecule has 1 fully saturated rings. The van der Waals surface area contributed by atoms with E-state index in [1.807, 2.05) is 48.5 Å². The molecule has 2 aromatic heterocycles. The number of benzene rings is 4. The Balaban J connectivity index is 0.000000295. The molecule has 19 heteroatoms. The molecule has 1 aliphatic rings. The summed E-state index contributed by atoms with van der Waals surface area (Å²) in [5, 5.41) is 34.3. The summed E-state index contributed by atoms with van der Waals surface area (Å²) in [5.74, 6) is -4.14. The van der Waals surface area contributed by atoms with Crippen LogP contribution >= 0.6 is 0 Å². The number of nitrogens with one attached hydrogen (secondary N) is 1. The molecular weight excluding hydrogens is 1130 g/mol. The zero-order valence-corrected chi connectivity index (χ0v) is 54.5. The Hall–Kier alpha value is -6.88. The first-order chi connectivity index (χ1) is 40.1. The largest absolute Gasteiger partial charge is 0.480 e. The highest BCUT2D eigenvalue weighted by molar-refractivity contribution is 6.74. The molecular formula is C67H88F2N4O11Si2. The number of nitrogens with zero attached hydrogens (tertiary/aromatic N) is 3. The molecule has 6 aromatic rings. The van der Waals surface area contributed by atoms with Crippen LogP contribution in [0.4, 0.5) is 8.78 Å². The molecule has 0 unspecified atom stereocenters. The van der Waals surface area contributed by atoms with E-state index in [1.54, 1.807) is 24.3 Å². The number of hydroxylamine groups is 2. The van der Waals surface area contributed by atoms with Crippen molar-refractivity contribution in [1.82, 2.24) is 19.5 Å². The third kappa shape index (κ3) is 17.0. The number of carboxylic acids is 1. The summed E-state index contributed by atoms with van der Waals surface area (Å²) in [6.07, 6.45) is 4.06. The lowest BCUT2D eigenvalue weighted by Gasteiger charge is -2.42. The summed E-state index contributed by atoms with van der Waals surface area (Å²) in [6, 6.07) is 28.1. The zero-order valence-electron chi connectivity index (χ0n) is 52.5. The van der Waals surface area contributed by atoms with Gasteiger partial charge in [0.05, 0.1) is 37.3 Å². The van der Waals surface area contributed by atoms with Crippen molar-refractivity contribution in [2.24, 2.45) is 0 Å². The molecule has 4 aromatic carbocycles. The predicted molar refractivity (Wildman–Crippen MR) is 341 cm³/mol. The van der Waals surface area contributed by atoms with Gasteiger partial charge < -0.3 is 43.5 Å². The van der Waals surface area contributed by atoms with Crippen LogP contribution in [0.25, 0.3) is 56.2 Å². The number of carbonyl (C=O) groups is 5. The molecule has 0 spiro atoms. The van der Waals surface area contributed by atoms with Gasteiger partial charge in [-0.25, -0.2) is 13.6 Å². The van der Waals surface area contributed by atoms with Crippen molar-refractivity contribution in [2.75, 3.05) is 0 Å². The number of aromatic nitrogens is 2. The van der Waals surface area contributed by atoms with Crippen molar-refractivity contribution >= 4 is 80.3 Å². The quantitative estimate of drug-likeness (QED) is 0.0352. The Morgan fingerprint density at radius 3 is 1.49 bits per heavy atom. The number of carbonyl (C=O) groups excluding carboxylic acids is 4. The summed E-state index contributed by atoms with van der Waals surface area (Å²) in [7, 11) is -4.78. The van der Waals surface area contributed by atoms with Gasteiger partial charge in [-0.05, 0) is 131 Å². The van der Waals surface area contributed by atoms with E-state index in [4.69, 9.17) is 18.8 Å². The third-order valence-electron chi connectivity index (χ3n) is 16.4. The first-order valence-corrected chi connectivity index (χ1v) is 35.4. The lowest BCUT2D eigenvalue weighted by Crippen LogP contribution is -2.47. The molecule has 0 saturated carbocycles. The number of aliphatic carboxylic acids is 1. The van der Waals surface area contributed by atoms with Gasteiger partial charge in [0, 0.05) is 82.1 Å². The van der Waals surface area contributed by atoms with Crippen molar-refractivity contribution in [1.29, 1.82) is 0 Å². The number of hydrogen-bond acceptors (Lipinski definition) is 10. The monoisotopic (exact) mass is 1220 g/mol. The van der Waals surface area contributed by atoms with Gasteiger partial charge in [-0.15, -0.1) is 5.06 Å². The number of rotatable bonds is 23. The standard InChI is InChI=1S/C40H57FN2O6Si2.C27H31FN2O5/c1-27(2)42-33-16-14-13-15-32(33)38(28-17-19-29(41)20-18-28)34(42)22-21-30(48-50(9,10)39(3,4)5)25-31(49-51(11,12)40(6,7)8)26-37(46)47-43-35(44)23-24-36(43)45;1-16(2)30-23-7-5-4-6-22(23)26(18-8-10-19(28)11-9-18)24(30)13-12-20(31)14-21(32)15-25(33)29-17(3)27(34)35/h13-22,27,30-31H,23-26H2,1-12H3;4-13,16-17,20-21,31-32H,14-15H2,1-3H3,(H,29,33)(H,34,35)/b22-21+;13-12+/t30-,31-;17-,20-,21-/m10/s1. The second kappa shape index (κ2) is 28.3. The van der Waals surface area contributed by atoms with Gasteiger partial charge in [-0.1, -0.05) is 114 Å². The Morgan fingerprint density at radius 2 is 1.06 bits per heavy atom.